The molecule has 0 spiro atoms. The Labute approximate surface area is 183 Å². The van der Waals surface area contributed by atoms with E-state index in [1.54, 1.807) is 35.4 Å². The Bertz CT molecular complexity index is 1140. The molecule has 1 aliphatic carbocycles. The number of aromatic nitrogens is 4. The molecule has 2 aliphatic heterocycles. The summed E-state index contributed by atoms with van der Waals surface area (Å²) in [4.78, 5) is 20.5. The highest BCUT2D eigenvalue weighted by molar-refractivity contribution is 5.90. The number of cyclic esters (lactones) is 1. The Hall–Kier alpha value is -3.53. The van der Waals surface area contributed by atoms with Crippen LogP contribution in [-0.4, -0.2) is 57.9 Å². The van der Waals surface area contributed by atoms with E-state index >= 15 is 0 Å². The first-order valence-electron chi connectivity index (χ1n) is 10.7. The van der Waals surface area contributed by atoms with E-state index in [9.17, 15) is 9.18 Å². The summed E-state index contributed by atoms with van der Waals surface area (Å²) in [5, 5.41) is 7.63. The third-order valence-electron chi connectivity index (χ3n) is 6.64. The molecule has 6 rings (SSSR count). The molecule has 1 unspecified atom stereocenters. The Morgan fingerprint density at radius 3 is 2.69 bits per heavy atom. The fourth-order valence-electron chi connectivity index (χ4n) is 4.76. The van der Waals surface area contributed by atoms with Crippen LogP contribution in [0, 0.1) is 17.7 Å². The van der Waals surface area contributed by atoms with Crippen molar-refractivity contribution in [3.8, 4) is 11.1 Å². The highest BCUT2D eigenvalue weighted by atomic mass is 19.1. The number of amides is 1. The summed E-state index contributed by atoms with van der Waals surface area (Å²) in [5.74, 6) is 1.63. The number of fused-ring (bicyclic) bond motifs is 1. The van der Waals surface area contributed by atoms with Crippen LogP contribution in [0.4, 0.5) is 20.7 Å². The zero-order valence-corrected chi connectivity index (χ0v) is 17.2. The van der Waals surface area contributed by atoms with E-state index in [-0.39, 0.29) is 6.10 Å². The van der Waals surface area contributed by atoms with Gasteiger partial charge in [-0.3, -0.25) is 4.90 Å². The van der Waals surface area contributed by atoms with Crippen LogP contribution in [0.2, 0.25) is 0 Å². The van der Waals surface area contributed by atoms with Gasteiger partial charge in [-0.25, -0.2) is 18.9 Å². The van der Waals surface area contributed by atoms with Gasteiger partial charge in [-0.05, 0) is 42.2 Å². The molecule has 3 aliphatic rings. The molecule has 3 fully saturated rings. The topological polar surface area (TPSA) is 102 Å². The van der Waals surface area contributed by atoms with Gasteiger partial charge in [-0.15, -0.1) is 5.10 Å². The summed E-state index contributed by atoms with van der Waals surface area (Å²) in [5.41, 5.74) is 7.58. The molecule has 3 aromatic rings. The average molecular weight is 435 g/mol. The summed E-state index contributed by atoms with van der Waals surface area (Å²) >= 11 is 0. The van der Waals surface area contributed by atoms with Gasteiger partial charge in [-0.2, -0.15) is 0 Å². The molecule has 2 saturated heterocycles. The molecule has 4 heterocycles. The second-order valence-electron chi connectivity index (χ2n) is 8.62. The second kappa shape index (κ2) is 7.27. The number of halogens is 1. The molecule has 1 aromatic carbocycles. The van der Waals surface area contributed by atoms with E-state index in [0.717, 1.165) is 18.9 Å². The number of ether oxygens (including phenoxy) is 1. The van der Waals surface area contributed by atoms with Crippen molar-refractivity contribution >= 4 is 17.6 Å². The smallest absolute Gasteiger partial charge is 0.414 e. The van der Waals surface area contributed by atoms with Crippen LogP contribution < -0.4 is 15.5 Å². The van der Waals surface area contributed by atoms with Gasteiger partial charge in [0.2, 0.25) is 0 Å². The fraction of sp³-hybridized carbons (Fsp3) is 0.364. The lowest BCUT2D eigenvalue weighted by Crippen LogP contribution is -2.28. The first-order chi connectivity index (χ1) is 15.6. The van der Waals surface area contributed by atoms with Crippen molar-refractivity contribution in [2.45, 2.75) is 18.7 Å². The molecule has 1 amide bonds. The molecule has 0 bridgehead atoms. The number of benzene rings is 1. The van der Waals surface area contributed by atoms with E-state index < -0.39 is 11.9 Å². The first kappa shape index (κ1) is 19.2. The number of carbonyl (C=O) groups is 1. The molecule has 10 heteroatoms. The number of carbonyl (C=O) groups excluding carboxylic acids is 1. The number of pyridine rings is 1. The van der Waals surface area contributed by atoms with Gasteiger partial charge in [0, 0.05) is 42.7 Å². The maximum Gasteiger partial charge on any atom is 0.414 e. The van der Waals surface area contributed by atoms with Gasteiger partial charge in [-0.1, -0.05) is 5.21 Å². The van der Waals surface area contributed by atoms with Crippen LogP contribution in [0.3, 0.4) is 0 Å². The predicted molar refractivity (Wildman–Crippen MR) is 114 cm³/mol. The van der Waals surface area contributed by atoms with E-state index in [1.807, 2.05) is 12.1 Å². The summed E-state index contributed by atoms with van der Waals surface area (Å²) in [7, 11) is 0. The summed E-state index contributed by atoms with van der Waals surface area (Å²) < 4.78 is 22.0. The molecular weight excluding hydrogens is 413 g/mol. The van der Waals surface area contributed by atoms with Gasteiger partial charge < -0.3 is 15.4 Å². The second-order valence-corrected chi connectivity index (χ2v) is 8.62. The van der Waals surface area contributed by atoms with Crippen LogP contribution in [0.5, 0.6) is 0 Å². The molecule has 164 valence electrons. The maximum absolute atomic E-state index is 15.0. The molecular formula is C22H22FN7O2. The average Bonchev–Trinajstić information content (AvgIpc) is 3.30. The number of hydrogen-bond acceptors (Lipinski definition) is 7. The van der Waals surface area contributed by atoms with E-state index in [1.165, 1.54) is 11.0 Å². The van der Waals surface area contributed by atoms with Gasteiger partial charge >= 0.3 is 6.09 Å². The first-order valence-corrected chi connectivity index (χ1v) is 10.7. The van der Waals surface area contributed by atoms with E-state index in [0.29, 0.717) is 47.8 Å². The van der Waals surface area contributed by atoms with Gasteiger partial charge in [0.1, 0.15) is 17.7 Å². The Kier molecular flexibility index (Phi) is 4.35. The largest absolute Gasteiger partial charge is 0.442 e. The highest BCUT2D eigenvalue weighted by Gasteiger charge is 2.53. The third kappa shape index (κ3) is 3.27. The molecule has 2 aromatic heterocycles. The van der Waals surface area contributed by atoms with Crippen molar-refractivity contribution in [2.24, 2.45) is 17.6 Å². The van der Waals surface area contributed by atoms with Gasteiger partial charge in [0.15, 0.2) is 0 Å². The maximum atomic E-state index is 15.0. The number of rotatable bonds is 5. The summed E-state index contributed by atoms with van der Waals surface area (Å²) in [6.07, 6.45) is 4.07. The monoisotopic (exact) mass is 435 g/mol. The Morgan fingerprint density at radius 2 is 2.00 bits per heavy atom. The zero-order chi connectivity index (χ0) is 21.8. The summed E-state index contributed by atoms with van der Waals surface area (Å²) in [6, 6.07) is 8.89. The fourth-order valence-corrected chi connectivity index (χ4v) is 4.76. The van der Waals surface area contributed by atoms with Crippen molar-refractivity contribution in [3.05, 3.63) is 54.7 Å². The Morgan fingerprint density at radius 1 is 1.16 bits per heavy atom. The van der Waals surface area contributed by atoms with E-state index in [4.69, 9.17) is 10.5 Å². The van der Waals surface area contributed by atoms with Crippen molar-refractivity contribution in [1.82, 2.24) is 20.0 Å². The highest BCUT2D eigenvalue weighted by Crippen LogP contribution is 2.45. The zero-order valence-electron chi connectivity index (χ0n) is 17.2. The number of nitrogens with two attached hydrogens (primary N) is 1. The quantitative estimate of drug-likeness (QED) is 0.653. The van der Waals surface area contributed by atoms with Crippen LogP contribution in [0.15, 0.2) is 48.9 Å². The third-order valence-corrected chi connectivity index (χ3v) is 6.64. The lowest BCUT2D eigenvalue weighted by atomic mass is 10.1. The van der Waals surface area contributed by atoms with Crippen LogP contribution in [0.1, 0.15) is 0 Å². The molecule has 2 N–H and O–H groups in total. The van der Waals surface area contributed by atoms with Gasteiger partial charge in [0.25, 0.3) is 0 Å². The minimum atomic E-state index is -0.503. The molecule has 0 radical (unpaired) electrons. The number of anilines is 2. The normalized spacial score (nSPS) is 26.4. The molecule has 32 heavy (non-hydrogen) atoms. The van der Waals surface area contributed by atoms with Crippen LogP contribution >= 0.6 is 0 Å². The molecule has 9 nitrogen and oxygen atoms in total. The Balaban J connectivity index is 1.16. The standard InChI is InChI=1S/C22H22FN7O2/c23-19-7-14(30-10-15(32-22(30)31)9-29-6-5-26-27-29)2-3-16(19)13-1-4-20(25-8-13)28-11-17-18(12-28)21(17)24/h1-8,15,17-18,21H,9-12,24H2/t15-,17-,18+,21?/m0/s1. The van der Waals surface area contributed by atoms with Gasteiger partial charge in [0.05, 0.1) is 25.0 Å². The van der Waals surface area contributed by atoms with Crippen molar-refractivity contribution in [3.63, 3.8) is 0 Å². The number of hydrogen-bond donors (Lipinski definition) is 1. The summed E-state index contributed by atoms with van der Waals surface area (Å²) in [6.45, 7) is 2.58. The lowest BCUT2D eigenvalue weighted by molar-refractivity contribution is 0.129. The van der Waals surface area contributed by atoms with Crippen molar-refractivity contribution in [2.75, 3.05) is 29.4 Å². The minimum absolute atomic E-state index is 0.315. The number of nitrogens with zero attached hydrogens (tertiary/aromatic N) is 6. The van der Waals surface area contributed by atoms with Crippen molar-refractivity contribution < 1.29 is 13.9 Å². The van der Waals surface area contributed by atoms with Crippen LogP contribution in [0.25, 0.3) is 11.1 Å². The van der Waals surface area contributed by atoms with E-state index in [2.05, 4.69) is 20.2 Å². The minimum Gasteiger partial charge on any atom is -0.442 e. The van der Waals surface area contributed by atoms with Crippen molar-refractivity contribution in [1.29, 1.82) is 0 Å². The molecule has 4 atom stereocenters. The lowest BCUT2D eigenvalue weighted by Gasteiger charge is -2.20. The SMILES string of the molecule is NC1[C@H]2CN(c3ccc(-c4ccc(N5C[C@H](Cn6ccnn6)OC5=O)cc4F)cn3)C[C@@H]12. The van der Waals surface area contributed by atoms with Crippen LogP contribution in [-0.2, 0) is 11.3 Å². The number of piperidine rings is 1. The molecule has 1 saturated carbocycles. The predicted octanol–water partition coefficient (Wildman–Crippen LogP) is 1.90.